The maximum atomic E-state index is 14.1. The van der Waals surface area contributed by atoms with Crippen LogP contribution in [-0.2, 0) is 4.84 Å². The highest BCUT2D eigenvalue weighted by Gasteiger charge is 2.42. The van der Waals surface area contributed by atoms with Crippen LogP contribution >= 0.6 is 0 Å². The van der Waals surface area contributed by atoms with Crippen molar-refractivity contribution in [3.8, 4) is 22.6 Å². The minimum Gasteiger partial charge on any atom is -0.497 e. The number of aromatic nitrogens is 1. The van der Waals surface area contributed by atoms with Gasteiger partial charge in [-0.2, -0.15) is 0 Å². The first kappa shape index (κ1) is 21.5. The predicted octanol–water partition coefficient (Wildman–Crippen LogP) is 5.67. The Bertz CT molecular complexity index is 1310. The predicted molar refractivity (Wildman–Crippen MR) is 130 cm³/mol. The van der Waals surface area contributed by atoms with Crippen LogP contribution in [0.3, 0.4) is 0 Å². The first-order valence-corrected chi connectivity index (χ1v) is 11.0. The van der Waals surface area contributed by atoms with Gasteiger partial charge in [0.05, 0.1) is 14.2 Å². The highest BCUT2D eigenvalue weighted by molar-refractivity contribution is 6.20. The Morgan fingerprint density at radius 1 is 0.824 bits per heavy atom. The minimum absolute atomic E-state index is 0.0620. The van der Waals surface area contributed by atoms with E-state index >= 15 is 0 Å². The van der Waals surface area contributed by atoms with Crippen LogP contribution in [0.15, 0.2) is 96.4 Å². The van der Waals surface area contributed by atoms with Gasteiger partial charge in [-0.15, -0.1) is 0 Å². The highest BCUT2D eigenvalue weighted by atomic mass is 16.6. The molecule has 6 nitrogen and oxygen atoms in total. The van der Waals surface area contributed by atoms with Crippen LogP contribution in [0.1, 0.15) is 27.6 Å². The van der Waals surface area contributed by atoms with Crippen molar-refractivity contribution in [1.29, 1.82) is 0 Å². The maximum absolute atomic E-state index is 14.1. The zero-order valence-electron chi connectivity index (χ0n) is 18.9. The lowest BCUT2D eigenvalue weighted by molar-refractivity contribution is 0.0533. The van der Waals surface area contributed by atoms with Gasteiger partial charge in [-0.25, -0.2) is 0 Å². The summed E-state index contributed by atoms with van der Waals surface area (Å²) in [6, 6.07) is 24.9. The molecule has 6 heteroatoms. The first-order valence-electron chi connectivity index (χ1n) is 11.0. The summed E-state index contributed by atoms with van der Waals surface area (Å²) < 4.78 is 10.6. The van der Waals surface area contributed by atoms with E-state index in [1.807, 2.05) is 85.1 Å². The second-order valence-electron chi connectivity index (χ2n) is 7.99. The van der Waals surface area contributed by atoms with Gasteiger partial charge in [-0.3, -0.25) is 4.79 Å². The molecule has 3 aromatic carbocycles. The third kappa shape index (κ3) is 3.94. The van der Waals surface area contributed by atoms with Gasteiger partial charge >= 0.3 is 0 Å². The first-order chi connectivity index (χ1) is 16.7. The lowest BCUT2D eigenvalue weighted by Gasteiger charge is -2.19. The molecule has 1 aliphatic heterocycles. The molecule has 2 atom stereocenters. The quantitative estimate of drug-likeness (QED) is 0.367. The van der Waals surface area contributed by atoms with E-state index in [0.29, 0.717) is 11.3 Å². The number of carbonyl (C=O) groups excluding carboxylic acids is 1. The average Bonchev–Trinajstić information content (AvgIpc) is 3.57. The SMILES string of the molecule is COc1ccc(-c2c[nH]cc2C(=O)C2C(c3ccccc3)=NOC2c2ccc(OC)cc2)cc1. The van der Waals surface area contributed by atoms with Crippen molar-refractivity contribution >= 4 is 11.5 Å². The molecule has 0 saturated heterocycles. The second kappa shape index (κ2) is 9.27. The van der Waals surface area contributed by atoms with E-state index in [1.165, 1.54) is 0 Å². The smallest absolute Gasteiger partial charge is 0.178 e. The number of oxime groups is 1. The van der Waals surface area contributed by atoms with E-state index in [-0.39, 0.29) is 5.78 Å². The van der Waals surface area contributed by atoms with Crippen molar-refractivity contribution < 1.29 is 19.1 Å². The molecule has 0 spiro atoms. The molecular weight excluding hydrogens is 428 g/mol. The van der Waals surface area contributed by atoms with E-state index in [1.54, 1.807) is 20.4 Å². The van der Waals surface area contributed by atoms with E-state index in [2.05, 4.69) is 10.1 Å². The summed E-state index contributed by atoms with van der Waals surface area (Å²) in [5.41, 5.74) is 4.66. The molecule has 0 fully saturated rings. The monoisotopic (exact) mass is 452 g/mol. The van der Waals surface area contributed by atoms with E-state index in [9.17, 15) is 4.79 Å². The molecule has 1 aromatic heterocycles. The molecular formula is C28H24N2O4. The largest absolute Gasteiger partial charge is 0.497 e. The molecule has 170 valence electrons. The van der Waals surface area contributed by atoms with Crippen LogP contribution in [0.4, 0.5) is 0 Å². The number of nitrogens with zero attached hydrogens (tertiary/aromatic N) is 1. The molecule has 0 amide bonds. The van der Waals surface area contributed by atoms with Gasteiger partial charge in [0.1, 0.15) is 23.1 Å². The Morgan fingerprint density at radius 2 is 1.47 bits per heavy atom. The fourth-order valence-electron chi connectivity index (χ4n) is 4.27. The van der Waals surface area contributed by atoms with E-state index < -0.39 is 12.0 Å². The van der Waals surface area contributed by atoms with Crippen molar-refractivity contribution in [3.63, 3.8) is 0 Å². The third-order valence-corrected chi connectivity index (χ3v) is 6.07. The topological polar surface area (TPSA) is 72.9 Å². The number of carbonyl (C=O) groups is 1. The number of methoxy groups -OCH3 is 2. The summed E-state index contributed by atoms with van der Waals surface area (Å²) in [4.78, 5) is 23.1. The third-order valence-electron chi connectivity index (χ3n) is 6.07. The molecule has 4 aromatic rings. The van der Waals surface area contributed by atoms with E-state index in [4.69, 9.17) is 14.3 Å². The van der Waals surface area contributed by atoms with Crippen molar-refractivity contribution in [2.75, 3.05) is 14.2 Å². The number of nitrogens with one attached hydrogen (secondary N) is 1. The molecule has 0 radical (unpaired) electrons. The molecule has 2 heterocycles. The molecule has 2 unspecified atom stereocenters. The van der Waals surface area contributed by atoms with Gasteiger partial charge in [-0.1, -0.05) is 59.8 Å². The number of hydrogen-bond donors (Lipinski definition) is 1. The van der Waals surface area contributed by atoms with Crippen LogP contribution in [0.5, 0.6) is 11.5 Å². The van der Waals surface area contributed by atoms with Crippen molar-refractivity contribution in [3.05, 3.63) is 108 Å². The van der Waals surface area contributed by atoms with Gasteiger partial charge in [0.25, 0.3) is 0 Å². The number of rotatable bonds is 7. The zero-order valence-corrected chi connectivity index (χ0v) is 18.9. The average molecular weight is 453 g/mol. The second-order valence-corrected chi connectivity index (χ2v) is 7.99. The lowest BCUT2D eigenvalue weighted by Crippen LogP contribution is -2.27. The van der Waals surface area contributed by atoms with Crippen molar-refractivity contribution in [2.24, 2.45) is 11.1 Å². The standard InChI is InChI=1S/C28H24N2O4/c1-32-21-12-8-18(9-13-21)23-16-29-17-24(23)27(31)25-26(19-6-4-3-5-7-19)30-34-28(25)20-10-14-22(33-2)15-11-20/h3-17,25,28-29H,1-2H3. The van der Waals surface area contributed by atoms with Gasteiger partial charge in [-0.05, 0) is 35.4 Å². The Balaban J connectivity index is 1.55. The zero-order chi connectivity index (χ0) is 23.5. The van der Waals surface area contributed by atoms with Gasteiger partial charge in [0.15, 0.2) is 11.9 Å². The Labute approximate surface area is 197 Å². The van der Waals surface area contributed by atoms with Gasteiger partial charge < -0.3 is 19.3 Å². The van der Waals surface area contributed by atoms with Crippen LogP contribution in [0.25, 0.3) is 11.1 Å². The fourth-order valence-corrected chi connectivity index (χ4v) is 4.27. The summed E-state index contributed by atoms with van der Waals surface area (Å²) in [7, 11) is 3.25. The van der Waals surface area contributed by atoms with Crippen LogP contribution in [0.2, 0.25) is 0 Å². The molecule has 0 bridgehead atoms. The van der Waals surface area contributed by atoms with Gasteiger partial charge in [0, 0.05) is 29.1 Å². The molecule has 1 aliphatic rings. The summed E-state index contributed by atoms with van der Waals surface area (Å²) in [6.07, 6.45) is 3.03. The van der Waals surface area contributed by atoms with Crippen LogP contribution < -0.4 is 9.47 Å². The van der Waals surface area contributed by atoms with Crippen LogP contribution in [-0.4, -0.2) is 30.7 Å². The normalized spacial score (nSPS) is 17.1. The molecule has 34 heavy (non-hydrogen) atoms. The molecule has 0 aliphatic carbocycles. The summed E-state index contributed by atoms with van der Waals surface area (Å²) >= 11 is 0. The van der Waals surface area contributed by atoms with E-state index in [0.717, 1.165) is 33.8 Å². The number of Topliss-reactive ketones (excluding diaryl/α,β-unsaturated/α-hetero) is 1. The minimum atomic E-state index is -0.608. The lowest BCUT2D eigenvalue weighted by atomic mass is 9.82. The molecule has 0 saturated carbocycles. The van der Waals surface area contributed by atoms with Crippen molar-refractivity contribution in [1.82, 2.24) is 4.98 Å². The Hall–Kier alpha value is -4.32. The van der Waals surface area contributed by atoms with Crippen LogP contribution in [0, 0.1) is 5.92 Å². The summed E-state index contributed by atoms with van der Waals surface area (Å²) in [6.45, 7) is 0. The highest BCUT2D eigenvalue weighted by Crippen LogP contribution is 2.39. The summed E-state index contributed by atoms with van der Waals surface area (Å²) in [5, 5.41) is 4.38. The fraction of sp³-hybridized carbons (Fsp3) is 0.143. The Morgan fingerprint density at radius 3 is 2.12 bits per heavy atom. The number of hydrogen-bond acceptors (Lipinski definition) is 5. The maximum Gasteiger partial charge on any atom is 0.178 e. The molecule has 5 rings (SSSR count). The number of H-pyrrole nitrogens is 1. The number of ether oxygens (including phenoxy) is 2. The molecule has 1 N–H and O–H groups in total. The summed E-state index contributed by atoms with van der Waals surface area (Å²) in [5.74, 6) is 0.826. The van der Waals surface area contributed by atoms with Crippen molar-refractivity contribution in [2.45, 2.75) is 6.10 Å². The Kier molecular flexibility index (Phi) is 5.87. The number of aromatic amines is 1. The van der Waals surface area contributed by atoms with Gasteiger partial charge in [0.2, 0.25) is 0 Å². The number of benzene rings is 3. The number of ketones is 1.